The van der Waals surface area contributed by atoms with Crippen molar-refractivity contribution in [2.45, 2.75) is 6.92 Å². The van der Waals surface area contributed by atoms with Crippen molar-refractivity contribution in [3.63, 3.8) is 0 Å². The molecule has 0 unspecified atom stereocenters. The predicted molar refractivity (Wildman–Crippen MR) is 92.0 cm³/mol. The number of hydrogen-bond acceptors (Lipinski definition) is 3. The van der Waals surface area contributed by atoms with E-state index in [0.29, 0.717) is 11.4 Å². The number of fused-ring (bicyclic) bond motifs is 1. The summed E-state index contributed by atoms with van der Waals surface area (Å²) in [5.41, 5.74) is 4.31. The van der Waals surface area contributed by atoms with E-state index in [1.165, 1.54) is 6.26 Å². The highest BCUT2D eigenvalue weighted by Crippen LogP contribution is 2.22. The zero-order valence-electron chi connectivity index (χ0n) is 13.1. The first-order chi connectivity index (χ1) is 11.7. The number of benzene rings is 1. The first-order valence-corrected chi connectivity index (χ1v) is 7.60. The van der Waals surface area contributed by atoms with Crippen LogP contribution in [-0.2, 0) is 0 Å². The van der Waals surface area contributed by atoms with E-state index in [-0.39, 0.29) is 5.91 Å². The van der Waals surface area contributed by atoms with Gasteiger partial charge in [0, 0.05) is 29.2 Å². The van der Waals surface area contributed by atoms with Crippen molar-refractivity contribution >= 4 is 17.2 Å². The number of carbonyl (C=O) groups excluding carboxylic acids is 1. The van der Waals surface area contributed by atoms with E-state index in [4.69, 9.17) is 4.42 Å². The predicted octanol–water partition coefficient (Wildman–Crippen LogP) is 4.16. The third-order valence-electron chi connectivity index (χ3n) is 3.87. The number of carbonyl (C=O) groups is 1. The van der Waals surface area contributed by atoms with Gasteiger partial charge in [-0.1, -0.05) is 18.2 Å². The standard InChI is InChI=1S/C19H15N3O2/c1-13-9-11-24-18(13)19(23)20-15-7-5-14(6-8-15)16-12-22-10-3-2-4-17(22)21-16/h2-12H,1H3,(H,20,23). The third kappa shape index (κ3) is 2.56. The Morgan fingerprint density at radius 3 is 2.67 bits per heavy atom. The van der Waals surface area contributed by atoms with Crippen molar-refractivity contribution in [1.29, 1.82) is 0 Å². The van der Waals surface area contributed by atoms with Crippen LogP contribution in [0.3, 0.4) is 0 Å². The first kappa shape index (κ1) is 14.3. The molecule has 0 spiro atoms. The lowest BCUT2D eigenvalue weighted by molar-refractivity contribution is 0.0996. The summed E-state index contributed by atoms with van der Waals surface area (Å²) in [6.07, 6.45) is 5.46. The van der Waals surface area contributed by atoms with Crippen LogP contribution in [0.2, 0.25) is 0 Å². The normalized spacial score (nSPS) is 10.9. The lowest BCUT2D eigenvalue weighted by Gasteiger charge is -2.04. The number of pyridine rings is 1. The first-order valence-electron chi connectivity index (χ1n) is 7.60. The Balaban J connectivity index is 1.56. The number of imidazole rings is 1. The smallest absolute Gasteiger partial charge is 0.291 e. The molecule has 1 amide bonds. The van der Waals surface area contributed by atoms with Gasteiger partial charge < -0.3 is 14.1 Å². The Hall–Kier alpha value is -3.34. The van der Waals surface area contributed by atoms with Crippen molar-refractivity contribution in [2.75, 3.05) is 5.32 Å². The zero-order valence-corrected chi connectivity index (χ0v) is 13.1. The van der Waals surface area contributed by atoms with E-state index in [9.17, 15) is 4.79 Å². The molecule has 0 saturated heterocycles. The molecule has 3 aromatic heterocycles. The van der Waals surface area contributed by atoms with Gasteiger partial charge in [0.25, 0.3) is 5.91 Å². The average molecular weight is 317 g/mol. The number of furan rings is 1. The van der Waals surface area contributed by atoms with Crippen LogP contribution >= 0.6 is 0 Å². The second kappa shape index (κ2) is 5.70. The lowest BCUT2D eigenvalue weighted by atomic mass is 10.1. The number of nitrogens with zero attached hydrogens (tertiary/aromatic N) is 2. The fourth-order valence-electron chi connectivity index (χ4n) is 2.59. The largest absolute Gasteiger partial charge is 0.459 e. The molecule has 4 aromatic rings. The Morgan fingerprint density at radius 1 is 1.12 bits per heavy atom. The lowest BCUT2D eigenvalue weighted by Crippen LogP contribution is -2.11. The fourth-order valence-corrected chi connectivity index (χ4v) is 2.59. The fraction of sp³-hybridized carbons (Fsp3) is 0.0526. The molecule has 0 aliphatic rings. The van der Waals surface area contributed by atoms with Crippen LogP contribution < -0.4 is 5.32 Å². The zero-order chi connectivity index (χ0) is 16.5. The Kier molecular flexibility index (Phi) is 3.39. The van der Waals surface area contributed by atoms with Gasteiger partial charge in [0.15, 0.2) is 5.76 Å². The van der Waals surface area contributed by atoms with Gasteiger partial charge >= 0.3 is 0 Å². The monoisotopic (exact) mass is 317 g/mol. The molecule has 1 N–H and O–H groups in total. The molecular weight excluding hydrogens is 302 g/mol. The summed E-state index contributed by atoms with van der Waals surface area (Å²) < 4.78 is 7.18. The Labute approximate surface area is 138 Å². The highest BCUT2D eigenvalue weighted by molar-refractivity contribution is 6.03. The van der Waals surface area contributed by atoms with E-state index in [0.717, 1.165) is 22.5 Å². The van der Waals surface area contributed by atoms with Crippen LogP contribution in [-0.4, -0.2) is 15.3 Å². The number of amides is 1. The summed E-state index contributed by atoms with van der Waals surface area (Å²) in [7, 11) is 0. The topological polar surface area (TPSA) is 59.5 Å². The molecule has 4 rings (SSSR count). The highest BCUT2D eigenvalue weighted by atomic mass is 16.3. The highest BCUT2D eigenvalue weighted by Gasteiger charge is 2.12. The molecule has 24 heavy (non-hydrogen) atoms. The summed E-state index contributed by atoms with van der Waals surface area (Å²) >= 11 is 0. The van der Waals surface area contributed by atoms with E-state index in [2.05, 4.69) is 10.3 Å². The van der Waals surface area contributed by atoms with E-state index in [1.54, 1.807) is 6.07 Å². The molecule has 3 heterocycles. The maximum atomic E-state index is 12.1. The minimum Gasteiger partial charge on any atom is -0.459 e. The maximum absolute atomic E-state index is 12.1. The summed E-state index contributed by atoms with van der Waals surface area (Å²) in [6, 6.07) is 15.2. The molecule has 0 saturated carbocycles. The second-order valence-electron chi connectivity index (χ2n) is 5.56. The number of aromatic nitrogens is 2. The molecule has 0 aliphatic heterocycles. The number of hydrogen-bond donors (Lipinski definition) is 1. The van der Waals surface area contributed by atoms with Gasteiger partial charge in [0.2, 0.25) is 0 Å². The molecule has 0 radical (unpaired) electrons. The van der Waals surface area contributed by atoms with E-state index < -0.39 is 0 Å². The molecule has 1 aromatic carbocycles. The second-order valence-corrected chi connectivity index (χ2v) is 5.56. The molecule has 118 valence electrons. The van der Waals surface area contributed by atoms with Crippen LogP contribution in [0.1, 0.15) is 16.1 Å². The summed E-state index contributed by atoms with van der Waals surface area (Å²) in [4.78, 5) is 16.7. The minimum absolute atomic E-state index is 0.252. The van der Waals surface area contributed by atoms with Gasteiger partial charge in [-0.3, -0.25) is 4.79 Å². The maximum Gasteiger partial charge on any atom is 0.291 e. The Bertz CT molecular complexity index is 979. The minimum atomic E-state index is -0.252. The van der Waals surface area contributed by atoms with Gasteiger partial charge in [-0.05, 0) is 37.3 Å². The quantitative estimate of drug-likeness (QED) is 0.617. The van der Waals surface area contributed by atoms with Crippen LogP contribution in [0.4, 0.5) is 5.69 Å². The summed E-state index contributed by atoms with van der Waals surface area (Å²) in [5, 5.41) is 2.83. The van der Waals surface area contributed by atoms with Crippen LogP contribution in [0, 0.1) is 6.92 Å². The molecule has 5 heteroatoms. The van der Waals surface area contributed by atoms with Crippen molar-refractivity contribution in [2.24, 2.45) is 0 Å². The number of aryl methyl sites for hydroxylation is 1. The van der Waals surface area contributed by atoms with Crippen molar-refractivity contribution in [1.82, 2.24) is 9.38 Å². The number of rotatable bonds is 3. The van der Waals surface area contributed by atoms with Gasteiger partial charge in [-0.2, -0.15) is 0 Å². The molecule has 0 aliphatic carbocycles. The van der Waals surface area contributed by atoms with Gasteiger partial charge in [0.05, 0.1) is 12.0 Å². The van der Waals surface area contributed by atoms with Crippen LogP contribution in [0.25, 0.3) is 16.9 Å². The SMILES string of the molecule is Cc1ccoc1C(=O)Nc1ccc(-c2cn3ccccc3n2)cc1. The average Bonchev–Trinajstić information content (AvgIpc) is 3.21. The van der Waals surface area contributed by atoms with Gasteiger partial charge in [-0.15, -0.1) is 0 Å². The number of anilines is 1. The van der Waals surface area contributed by atoms with Crippen molar-refractivity contribution in [3.8, 4) is 11.3 Å². The van der Waals surface area contributed by atoms with Crippen LogP contribution in [0.15, 0.2) is 71.6 Å². The third-order valence-corrected chi connectivity index (χ3v) is 3.87. The summed E-state index contributed by atoms with van der Waals surface area (Å²) in [6.45, 7) is 1.84. The molecule has 5 nitrogen and oxygen atoms in total. The molecule has 0 bridgehead atoms. The molecule has 0 atom stereocenters. The molecular formula is C19H15N3O2. The van der Waals surface area contributed by atoms with E-state index >= 15 is 0 Å². The number of nitrogens with one attached hydrogen (secondary N) is 1. The summed E-state index contributed by atoms with van der Waals surface area (Å²) in [5.74, 6) is 0.0809. The van der Waals surface area contributed by atoms with Gasteiger partial charge in [-0.25, -0.2) is 4.98 Å². The molecule has 0 fully saturated rings. The van der Waals surface area contributed by atoms with Gasteiger partial charge in [0.1, 0.15) is 5.65 Å². The van der Waals surface area contributed by atoms with E-state index in [1.807, 2.05) is 66.2 Å². The van der Waals surface area contributed by atoms with Crippen LogP contribution in [0.5, 0.6) is 0 Å². The Morgan fingerprint density at radius 2 is 1.96 bits per heavy atom. The van der Waals surface area contributed by atoms with Crippen molar-refractivity contribution in [3.05, 3.63) is 78.5 Å². The van der Waals surface area contributed by atoms with Crippen molar-refractivity contribution < 1.29 is 9.21 Å².